The molecule has 1 rings (SSSR count). The van der Waals surface area contributed by atoms with Gasteiger partial charge in [-0.1, -0.05) is 13.8 Å². The molecule has 11 heteroatoms. The van der Waals surface area contributed by atoms with Crippen molar-refractivity contribution in [1.29, 1.82) is 0 Å². The molecule has 138 valence electrons. The van der Waals surface area contributed by atoms with Crippen LogP contribution in [0.1, 0.15) is 26.7 Å². The van der Waals surface area contributed by atoms with Crippen LogP contribution in [0.15, 0.2) is 0 Å². The molecule has 0 radical (unpaired) electrons. The molecule has 8 nitrogen and oxygen atoms in total. The summed E-state index contributed by atoms with van der Waals surface area (Å²) in [4.78, 5) is 44.9. The molecule has 0 spiro atoms. The van der Waals surface area contributed by atoms with Crippen LogP contribution in [0.25, 0.3) is 0 Å². The van der Waals surface area contributed by atoms with Crippen LogP contribution in [0.4, 0.5) is 13.2 Å². The molecule has 3 N–H and O–H groups in total. The standard InChI is InChI=1S/C11H18N2O4.C2HF3O2/c1-6(2)4-8(11(16)17-3)13-9(14)5-7(12)10(13)15;3-2(4,5)1(6)7/h6-8H,4-5,12H2,1-3H3;(H,6,7)/t7-,8+;/m1./s1. The smallest absolute Gasteiger partial charge is 0.430 e. The molecule has 1 heterocycles. The van der Waals surface area contributed by atoms with Crippen LogP contribution in [0.3, 0.4) is 0 Å². The number of quaternary nitrogens is 1. The first kappa shape index (κ1) is 21.8. The monoisotopic (exact) mass is 356 g/mol. The third-order valence-electron chi connectivity index (χ3n) is 2.99. The minimum atomic E-state index is -5.19. The predicted molar refractivity (Wildman–Crippen MR) is 69.5 cm³/mol. The van der Waals surface area contributed by atoms with Crippen LogP contribution in [0.5, 0.6) is 0 Å². The highest BCUT2D eigenvalue weighted by Gasteiger charge is 2.45. The Morgan fingerprint density at radius 1 is 1.38 bits per heavy atom. The molecule has 0 aliphatic carbocycles. The Kier molecular flexibility index (Phi) is 7.84. The van der Waals surface area contributed by atoms with Crippen molar-refractivity contribution in [3.05, 3.63) is 0 Å². The zero-order valence-electron chi connectivity index (χ0n) is 13.4. The fraction of sp³-hybridized carbons (Fsp3) is 0.692. The maximum Gasteiger partial charge on any atom is 0.430 e. The largest absolute Gasteiger partial charge is 0.542 e. The average Bonchev–Trinajstić information content (AvgIpc) is 2.68. The van der Waals surface area contributed by atoms with Gasteiger partial charge in [0.2, 0.25) is 5.91 Å². The van der Waals surface area contributed by atoms with Crippen LogP contribution in [0.2, 0.25) is 0 Å². The molecule has 2 atom stereocenters. The summed E-state index contributed by atoms with van der Waals surface area (Å²) < 4.78 is 36.2. The van der Waals surface area contributed by atoms with E-state index in [0.717, 1.165) is 4.90 Å². The molecular weight excluding hydrogens is 337 g/mol. The molecule has 1 fully saturated rings. The number of likely N-dealkylation sites (tertiary alicyclic amines) is 1. The third kappa shape index (κ3) is 6.14. The molecule has 0 bridgehead atoms. The number of esters is 1. The molecule has 1 saturated heterocycles. The van der Waals surface area contributed by atoms with E-state index < -0.39 is 30.2 Å². The van der Waals surface area contributed by atoms with Gasteiger partial charge in [0.1, 0.15) is 12.0 Å². The van der Waals surface area contributed by atoms with E-state index in [-0.39, 0.29) is 24.2 Å². The highest BCUT2D eigenvalue weighted by atomic mass is 19.4. The maximum absolute atomic E-state index is 11.8. The van der Waals surface area contributed by atoms with Crippen LogP contribution in [0, 0.1) is 5.92 Å². The van der Waals surface area contributed by atoms with Crippen LogP contribution in [-0.2, 0) is 23.9 Å². The van der Waals surface area contributed by atoms with Gasteiger partial charge in [-0.25, -0.2) is 4.79 Å². The zero-order valence-corrected chi connectivity index (χ0v) is 13.4. The van der Waals surface area contributed by atoms with Crippen molar-refractivity contribution in [3.63, 3.8) is 0 Å². The summed E-state index contributed by atoms with van der Waals surface area (Å²) in [5, 5.41) is 8.78. The predicted octanol–water partition coefficient (Wildman–Crippen LogP) is -1.76. The minimum Gasteiger partial charge on any atom is -0.542 e. The van der Waals surface area contributed by atoms with Crippen LogP contribution < -0.4 is 10.8 Å². The summed E-state index contributed by atoms with van der Waals surface area (Å²) in [6.45, 7) is 3.84. The van der Waals surface area contributed by atoms with Gasteiger partial charge in [0.15, 0.2) is 6.04 Å². The van der Waals surface area contributed by atoms with Crippen molar-refractivity contribution in [2.75, 3.05) is 7.11 Å². The lowest BCUT2D eigenvalue weighted by Crippen LogP contribution is -2.65. The van der Waals surface area contributed by atoms with Gasteiger partial charge in [-0.3, -0.25) is 14.5 Å². The highest BCUT2D eigenvalue weighted by Crippen LogP contribution is 2.20. The van der Waals surface area contributed by atoms with E-state index in [2.05, 4.69) is 10.5 Å². The molecular formula is C13H19F3N2O6. The van der Waals surface area contributed by atoms with Gasteiger partial charge < -0.3 is 20.4 Å². The second-order valence-corrected chi connectivity index (χ2v) is 5.46. The number of carboxylic acids is 1. The Morgan fingerprint density at radius 2 is 1.83 bits per heavy atom. The number of amides is 2. The lowest BCUT2D eigenvalue weighted by atomic mass is 10.0. The van der Waals surface area contributed by atoms with Crippen molar-refractivity contribution in [2.45, 2.75) is 44.9 Å². The van der Waals surface area contributed by atoms with Crippen molar-refractivity contribution < 1.29 is 47.9 Å². The van der Waals surface area contributed by atoms with E-state index in [1.807, 2.05) is 13.8 Å². The first-order valence-electron chi connectivity index (χ1n) is 6.87. The van der Waals surface area contributed by atoms with Gasteiger partial charge >= 0.3 is 12.1 Å². The Bertz CT molecular complexity index is 506. The van der Waals surface area contributed by atoms with Gasteiger partial charge in [-0.05, 0) is 12.3 Å². The summed E-state index contributed by atoms with van der Waals surface area (Å²) in [5.41, 5.74) is 3.60. The van der Waals surface area contributed by atoms with E-state index in [1.54, 1.807) is 0 Å². The van der Waals surface area contributed by atoms with E-state index in [0.29, 0.717) is 6.42 Å². The first-order valence-corrected chi connectivity index (χ1v) is 6.87. The quantitative estimate of drug-likeness (QED) is 0.469. The number of carboxylic acid groups (broad SMARTS) is 1. The van der Waals surface area contributed by atoms with E-state index in [4.69, 9.17) is 9.90 Å². The Balaban J connectivity index is 0.000000640. The number of nitrogens with zero attached hydrogens (tertiary/aromatic N) is 1. The number of halogens is 3. The maximum atomic E-state index is 11.8. The molecule has 1 aliphatic rings. The Morgan fingerprint density at radius 3 is 2.08 bits per heavy atom. The molecule has 0 saturated carbocycles. The van der Waals surface area contributed by atoms with Gasteiger partial charge in [-0.2, -0.15) is 13.2 Å². The van der Waals surface area contributed by atoms with Crippen molar-refractivity contribution in [2.24, 2.45) is 5.92 Å². The number of rotatable bonds is 4. The summed E-state index contributed by atoms with van der Waals surface area (Å²) in [6.07, 6.45) is -4.71. The third-order valence-corrected chi connectivity index (χ3v) is 2.99. The number of carbonyl (C=O) groups excluding carboxylic acids is 4. The molecule has 1 aliphatic heterocycles. The number of hydrogen-bond acceptors (Lipinski definition) is 6. The Labute approximate surface area is 135 Å². The second-order valence-electron chi connectivity index (χ2n) is 5.46. The molecule has 0 aromatic rings. The SMILES string of the molecule is COC(=O)[C@H](CC(C)C)N1C(=O)C[C@@H]([NH3+])C1=O.O=C([O-])C(F)(F)F. The number of methoxy groups -OCH3 is 1. The van der Waals surface area contributed by atoms with Crippen molar-refractivity contribution >= 4 is 23.8 Å². The van der Waals surface area contributed by atoms with Gasteiger partial charge in [0.25, 0.3) is 5.91 Å². The summed E-state index contributed by atoms with van der Waals surface area (Å²) in [6, 6.07) is -1.39. The van der Waals surface area contributed by atoms with E-state index >= 15 is 0 Å². The van der Waals surface area contributed by atoms with Gasteiger partial charge in [0, 0.05) is 0 Å². The van der Waals surface area contributed by atoms with E-state index in [1.165, 1.54) is 7.11 Å². The Hall–Kier alpha value is -2.17. The average molecular weight is 356 g/mol. The number of aliphatic carboxylic acids is 1. The second kappa shape index (κ2) is 8.62. The summed E-state index contributed by atoms with van der Waals surface area (Å²) in [5.74, 6) is -4.09. The molecule has 2 amide bonds. The topological polar surface area (TPSA) is 131 Å². The minimum absolute atomic E-state index is 0.0738. The molecule has 0 unspecified atom stereocenters. The van der Waals surface area contributed by atoms with Crippen LogP contribution >= 0.6 is 0 Å². The molecule has 24 heavy (non-hydrogen) atoms. The lowest BCUT2D eigenvalue weighted by molar-refractivity contribution is -0.400. The normalized spacial score (nSPS) is 19.0. The van der Waals surface area contributed by atoms with E-state index in [9.17, 15) is 27.6 Å². The number of ether oxygens (including phenoxy) is 1. The number of alkyl halides is 3. The highest BCUT2D eigenvalue weighted by molar-refractivity contribution is 6.07. The fourth-order valence-corrected chi connectivity index (χ4v) is 1.93. The van der Waals surface area contributed by atoms with Gasteiger partial charge in [0.05, 0.1) is 13.5 Å². The van der Waals surface area contributed by atoms with Crippen molar-refractivity contribution in [1.82, 2.24) is 4.90 Å². The summed E-state index contributed by atoms with van der Waals surface area (Å²) in [7, 11) is 1.25. The zero-order chi connectivity index (χ0) is 19.2. The van der Waals surface area contributed by atoms with Crippen LogP contribution in [-0.4, -0.2) is 54.0 Å². The summed E-state index contributed by atoms with van der Waals surface area (Å²) >= 11 is 0. The fourth-order valence-electron chi connectivity index (χ4n) is 1.93. The van der Waals surface area contributed by atoms with Gasteiger partial charge in [-0.15, -0.1) is 0 Å². The molecule has 0 aromatic carbocycles. The first-order chi connectivity index (χ1) is 10.8. The number of imide groups is 1. The number of hydrogen-bond donors (Lipinski definition) is 1. The lowest BCUT2D eigenvalue weighted by Gasteiger charge is -2.24. The number of carbonyl (C=O) groups is 4. The molecule has 0 aromatic heterocycles. The van der Waals surface area contributed by atoms with Crippen molar-refractivity contribution in [3.8, 4) is 0 Å².